The van der Waals surface area contributed by atoms with Crippen LogP contribution in [-0.2, 0) is 18.9 Å². The Hall–Kier alpha value is 0.150. The molecule has 1 fully saturated rings. The summed E-state index contributed by atoms with van der Waals surface area (Å²) in [7, 11) is -1.72. The molecular weight excluding hydrogens is 264 g/mol. The molecule has 0 aromatic rings. The summed E-state index contributed by atoms with van der Waals surface area (Å²) in [5.41, 5.74) is 0. The van der Waals surface area contributed by atoms with Gasteiger partial charge < -0.3 is 5.11 Å². The average molecular weight is 277 g/mol. The molecule has 0 aromatic carbocycles. The summed E-state index contributed by atoms with van der Waals surface area (Å²) in [5, 5.41) is 9.52. The first-order chi connectivity index (χ1) is 6.70. The molecule has 5 nitrogen and oxygen atoms in total. The van der Waals surface area contributed by atoms with Gasteiger partial charge in [-0.05, 0) is 18.8 Å². The maximum absolute atomic E-state index is 11.1. The SMILES string of the molecule is O=S(=O)(Cl)CC(O)C1CCS(=O)(=O)CC1. The van der Waals surface area contributed by atoms with Crippen molar-refractivity contribution in [3.05, 3.63) is 0 Å². The molecule has 1 N–H and O–H groups in total. The first kappa shape index (κ1) is 13.2. The lowest BCUT2D eigenvalue weighted by Crippen LogP contribution is -2.34. The van der Waals surface area contributed by atoms with Crippen molar-refractivity contribution in [1.82, 2.24) is 0 Å². The Kier molecular flexibility index (Phi) is 4.02. The molecule has 0 bridgehead atoms. The van der Waals surface area contributed by atoms with Gasteiger partial charge in [-0.15, -0.1) is 0 Å². The van der Waals surface area contributed by atoms with Gasteiger partial charge in [-0.25, -0.2) is 16.8 Å². The van der Waals surface area contributed by atoms with Gasteiger partial charge in [0.25, 0.3) is 0 Å². The molecule has 1 rings (SSSR count). The number of aliphatic hydroxyl groups is 1. The highest BCUT2D eigenvalue weighted by Gasteiger charge is 2.30. The average Bonchev–Trinajstić information content (AvgIpc) is 2.00. The van der Waals surface area contributed by atoms with Gasteiger partial charge in [0.2, 0.25) is 9.05 Å². The lowest BCUT2D eigenvalue weighted by Gasteiger charge is -2.25. The van der Waals surface area contributed by atoms with Crippen LogP contribution in [0.25, 0.3) is 0 Å². The van der Waals surface area contributed by atoms with E-state index in [4.69, 9.17) is 10.7 Å². The summed E-state index contributed by atoms with van der Waals surface area (Å²) in [6, 6.07) is 0. The second kappa shape index (κ2) is 4.57. The first-order valence-electron chi connectivity index (χ1n) is 4.50. The van der Waals surface area contributed by atoms with Crippen LogP contribution in [-0.4, -0.2) is 45.3 Å². The normalized spacial score (nSPS) is 24.9. The maximum Gasteiger partial charge on any atom is 0.235 e. The summed E-state index contributed by atoms with van der Waals surface area (Å²) >= 11 is 0. The Bertz CT molecular complexity index is 399. The van der Waals surface area contributed by atoms with Crippen LogP contribution in [0.15, 0.2) is 0 Å². The lowest BCUT2D eigenvalue weighted by atomic mass is 9.97. The largest absolute Gasteiger partial charge is 0.392 e. The highest BCUT2D eigenvalue weighted by atomic mass is 35.7. The fourth-order valence-corrected chi connectivity index (χ4v) is 4.23. The molecule has 0 saturated carbocycles. The van der Waals surface area contributed by atoms with Crippen LogP contribution < -0.4 is 0 Å². The van der Waals surface area contributed by atoms with E-state index >= 15 is 0 Å². The lowest BCUT2D eigenvalue weighted by molar-refractivity contribution is 0.122. The zero-order valence-corrected chi connectivity index (χ0v) is 10.4. The zero-order valence-electron chi connectivity index (χ0n) is 7.96. The highest BCUT2D eigenvalue weighted by molar-refractivity contribution is 8.13. The highest BCUT2D eigenvalue weighted by Crippen LogP contribution is 2.23. The summed E-state index contributed by atoms with van der Waals surface area (Å²) in [6.45, 7) is 0. The van der Waals surface area contributed by atoms with Crippen molar-refractivity contribution in [2.24, 2.45) is 5.92 Å². The van der Waals surface area contributed by atoms with E-state index in [1.807, 2.05) is 0 Å². The molecular formula is C7H13ClO5S2. The van der Waals surface area contributed by atoms with Crippen molar-refractivity contribution in [1.29, 1.82) is 0 Å². The molecule has 8 heteroatoms. The molecule has 0 radical (unpaired) electrons. The van der Waals surface area contributed by atoms with E-state index in [-0.39, 0.29) is 17.4 Å². The molecule has 0 aliphatic carbocycles. The minimum absolute atomic E-state index is 0.0110. The predicted octanol–water partition coefficient (Wildman–Crippen LogP) is -0.259. The van der Waals surface area contributed by atoms with Crippen LogP contribution in [0.3, 0.4) is 0 Å². The van der Waals surface area contributed by atoms with Crippen molar-refractivity contribution in [3.8, 4) is 0 Å². The molecule has 0 amide bonds. The second-order valence-corrected chi connectivity index (χ2v) is 8.89. The minimum atomic E-state index is -3.73. The van der Waals surface area contributed by atoms with Gasteiger partial charge in [-0.3, -0.25) is 0 Å². The molecule has 15 heavy (non-hydrogen) atoms. The molecule has 0 spiro atoms. The number of aliphatic hydroxyl groups excluding tert-OH is 1. The molecule has 1 atom stereocenters. The van der Waals surface area contributed by atoms with Crippen LogP contribution in [0.1, 0.15) is 12.8 Å². The third-order valence-electron chi connectivity index (χ3n) is 2.51. The van der Waals surface area contributed by atoms with E-state index in [9.17, 15) is 21.9 Å². The number of sulfone groups is 1. The fourth-order valence-electron chi connectivity index (χ4n) is 1.63. The van der Waals surface area contributed by atoms with E-state index < -0.39 is 30.7 Å². The molecule has 1 aliphatic heterocycles. The van der Waals surface area contributed by atoms with Gasteiger partial charge in [0.05, 0.1) is 23.4 Å². The van der Waals surface area contributed by atoms with E-state index in [0.717, 1.165) is 0 Å². The van der Waals surface area contributed by atoms with Gasteiger partial charge in [-0.1, -0.05) is 0 Å². The van der Waals surface area contributed by atoms with Crippen LogP contribution in [0, 0.1) is 5.92 Å². The van der Waals surface area contributed by atoms with Gasteiger partial charge >= 0.3 is 0 Å². The predicted molar refractivity (Wildman–Crippen MR) is 57.0 cm³/mol. The Morgan fingerprint density at radius 2 is 1.80 bits per heavy atom. The second-order valence-electron chi connectivity index (χ2n) is 3.76. The monoisotopic (exact) mass is 276 g/mol. The number of rotatable bonds is 3. The van der Waals surface area contributed by atoms with Crippen molar-refractivity contribution in [2.75, 3.05) is 17.3 Å². The quantitative estimate of drug-likeness (QED) is 0.718. The van der Waals surface area contributed by atoms with Crippen molar-refractivity contribution < 1.29 is 21.9 Å². The van der Waals surface area contributed by atoms with Gasteiger partial charge in [0.1, 0.15) is 9.84 Å². The van der Waals surface area contributed by atoms with Crippen LogP contribution in [0.5, 0.6) is 0 Å². The standard InChI is InChI=1S/C7H13ClO5S2/c8-15(12,13)5-7(9)6-1-3-14(10,11)4-2-6/h6-7,9H,1-5H2. The summed E-state index contributed by atoms with van der Waals surface area (Å²) in [6.07, 6.45) is -0.464. The molecule has 90 valence electrons. The number of halogens is 1. The van der Waals surface area contributed by atoms with Crippen LogP contribution >= 0.6 is 10.7 Å². The molecule has 1 aliphatic rings. The van der Waals surface area contributed by atoms with Crippen molar-refractivity contribution >= 4 is 29.6 Å². The Balaban J connectivity index is 2.54. The Morgan fingerprint density at radius 1 is 1.33 bits per heavy atom. The van der Waals surface area contributed by atoms with Gasteiger partial charge in [0.15, 0.2) is 0 Å². The van der Waals surface area contributed by atoms with Gasteiger partial charge in [-0.2, -0.15) is 0 Å². The molecule has 1 heterocycles. The smallest absolute Gasteiger partial charge is 0.235 e. The maximum atomic E-state index is 11.1. The third-order valence-corrected chi connectivity index (χ3v) is 5.35. The Labute approximate surface area is 93.8 Å². The summed E-state index contributed by atoms with van der Waals surface area (Å²) < 4.78 is 43.6. The third kappa shape index (κ3) is 4.67. The topological polar surface area (TPSA) is 88.5 Å². The van der Waals surface area contributed by atoms with Crippen molar-refractivity contribution in [2.45, 2.75) is 18.9 Å². The number of hydrogen-bond acceptors (Lipinski definition) is 5. The zero-order chi connectivity index (χ0) is 11.7. The molecule has 1 saturated heterocycles. The Morgan fingerprint density at radius 3 is 2.20 bits per heavy atom. The summed E-state index contributed by atoms with van der Waals surface area (Å²) in [4.78, 5) is 0. The minimum Gasteiger partial charge on any atom is -0.392 e. The first-order valence-corrected chi connectivity index (χ1v) is 8.80. The van der Waals surface area contributed by atoms with Gasteiger partial charge in [0, 0.05) is 10.7 Å². The van der Waals surface area contributed by atoms with Crippen molar-refractivity contribution in [3.63, 3.8) is 0 Å². The number of hydrogen-bond donors (Lipinski definition) is 1. The molecule has 1 unspecified atom stereocenters. The van der Waals surface area contributed by atoms with Crippen LogP contribution in [0.2, 0.25) is 0 Å². The van der Waals surface area contributed by atoms with E-state index in [0.29, 0.717) is 12.8 Å². The van der Waals surface area contributed by atoms with Crippen LogP contribution in [0.4, 0.5) is 0 Å². The van der Waals surface area contributed by atoms with E-state index in [1.54, 1.807) is 0 Å². The fraction of sp³-hybridized carbons (Fsp3) is 1.00. The van der Waals surface area contributed by atoms with E-state index in [1.165, 1.54) is 0 Å². The molecule has 0 aromatic heterocycles. The summed E-state index contributed by atoms with van der Waals surface area (Å²) in [5.74, 6) is -0.782. The van der Waals surface area contributed by atoms with E-state index in [2.05, 4.69) is 0 Å².